The Bertz CT molecular complexity index is 754. The van der Waals surface area contributed by atoms with E-state index < -0.39 is 12.1 Å². The van der Waals surface area contributed by atoms with Gasteiger partial charge in [-0.15, -0.1) is 24.2 Å². The first-order chi connectivity index (χ1) is 11.6. The summed E-state index contributed by atoms with van der Waals surface area (Å²) in [5, 5.41) is 11.9. The second kappa shape index (κ2) is 8.78. The maximum atomic E-state index is 12.0. The molecule has 132 valence electrons. The van der Waals surface area contributed by atoms with Gasteiger partial charge in [0, 0.05) is 10.6 Å². The molecular weight excluding hydrogens is 362 g/mol. The molecule has 1 aliphatic heterocycles. The summed E-state index contributed by atoms with van der Waals surface area (Å²) in [6, 6.07) is 14.3. The minimum Gasteiger partial charge on any atom is -0.478 e. The Balaban J connectivity index is 0.00000225. The van der Waals surface area contributed by atoms with E-state index >= 15 is 0 Å². The second-order valence-corrected chi connectivity index (χ2v) is 6.59. The van der Waals surface area contributed by atoms with Gasteiger partial charge in [0.1, 0.15) is 6.61 Å². The standard InChI is InChI=1S/C18H17NO4S.ClH/c20-17(21)13-6-7-14-15(8-9-24-16(14)10-13)19-18(22)23-11-12-4-2-1-3-5-12;/h1-7,10,15H,8-9,11H2,(H,19,22)(H,20,21);1H/t15-;/m0./s1. The molecule has 0 aromatic heterocycles. The lowest BCUT2D eigenvalue weighted by atomic mass is 10.0. The van der Waals surface area contributed by atoms with Crippen molar-refractivity contribution in [1.82, 2.24) is 5.32 Å². The molecule has 0 spiro atoms. The van der Waals surface area contributed by atoms with E-state index in [4.69, 9.17) is 9.84 Å². The van der Waals surface area contributed by atoms with E-state index in [0.29, 0.717) is 0 Å². The number of nitrogens with one attached hydrogen (secondary N) is 1. The highest BCUT2D eigenvalue weighted by Crippen LogP contribution is 2.36. The number of alkyl carbamates (subject to hydrolysis) is 1. The lowest BCUT2D eigenvalue weighted by molar-refractivity contribution is 0.0696. The molecule has 25 heavy (non-hydrogen) atoms. The number of thioether (sulfide) groups is 1. The summed E-state index contributed by atoms with van der Waals surface area (Å²) in [7, 11) is 0. The van der Waals surface area contributed by atoms with Gasteiger partial charge in [0.2, 0.25) is 0 Å². The van der Waals surface area contributed by atoms with Crippen LogP contribution < -0.4 is 5.32 Å². The molecule has 0 bridgehead atoms. The zero-order valence-electron chi connectivity index (χ0n) is 13.3. The van der Waals surface area contributed by atoms with E-state index in [-0.39, 0.29) is 30.6 Å². The fourth-order valence-electron chi connectivity index (χ4n) is 2.58. The lowest BCUT2D eigenvalue weighted by Crippen LogP contribution is -2.31. The largest absolute Gasteiger partial charge is 0.478 e. The Labute approximate surface area is 156 Å². The summed E-state index contributed by atoms with van der Waals surface area (Å²) in [5.41, 5.74) is 2.12. The van der Waals surface area contributed by atoms with Crippen LogP contribution in [0, 0.1) is 0 Å². The van der Waals surface area contributed by atoms with Gasteiger partial charge in [0.05, 0.1) is 11.6 Å². The third-order valence-electron chi connectivity index (χ3n) is 3.80. The van der Waals surface area contributed by atoms with Crippen LogP contribution in [0.15, 0.2) is 53.4 Å². The van der Waals surface area contributed by atoms with Gasteiger partial charge >= 0.3 is 12.1 Å². The van der Waals surface area contributed by atoms with Gasteiger partial charge in [0.15, 0.2) is 0 Å². The quantitative estimate of drug-likeness (QED) is 0.829. The SMILES string of the molecule is Cl.O=C(N[C@H]1CCSc2cc(C(=O)O)ccc21)OCc1ccccc1. The van der Waals surface area contributed by atoms with Crippen molar-refractivity contribution in [3.05, 3.63) is 65.2 Å². The summed E-state index contributed by atoms with van der Waals surface area (Å²) < 4.78 is 5.26. The van der Waals surface area contributed by atoms with Crippen LogP contribution >= 0.6 is 24.2 Å². The maximum absolute atomic E-state index is 12.0. The molecule has 7 heteroatoms. The van der Waals surface area contributed by atoms with Crippen molar-refractivity contribution < 1.29 is 19.4 Å². The molecule has 0 radical (unpaired) electrons. The summed E-state index contributed by atoms with van der Waals surface area (Å²) >= 11 is 1.61. The third-order valence-corrected chi connectivity index (χ3v) is 4.91. The monoisotopic (exact) mass is 379 g/mol. The summed E-state index contributed by atoms with van der Waals surface area (Å²) in [6.45, 7) is 0.221. The highest BCUT2D eigenvalue weighted by molar-refractivity contribution is 7.99. The average Bonchev–Trinajstić information content (AvgIpc) is 2.60. The van der Waals surface area contributed by atoms with Crippen LogP contribution in [0.5, 0.6) is 0 Å². The Morgan fingerprint density at radius 1 is 1.20 bits per heavy atom. The van der Waals surface area contributed by atoms with Crippen molar-refractivity contribution in [2.45, 2.75) is 24.0 Å². The van der Waals surface area contributed by atoms with Crippen molar-refractivity contribution in [3.8, 4) is 0 Å². The first-order valence-corrected chi connectivity index (χ1v) is 8.59. The smallest absolute Gasteiger partial charge is 0.407 e. The number of hydrogen-bond donors (Lipinski definition) is 2. The Morgan fingerprint density at radius 2 is 1.96 bits per heavy atom. The molecule has 1 aliphatic rings. The molecule has 3 rings (SSSR count). The molecular formula is C18H18ClNO4S. The number of carboxylic acid groups (broad SMARTS) is 1. The number of rotatable bonds is 4. The predicted molar refractivity (Wildman–Crippen MR) is 98.5 cm³/mol. The number of amides is 1. The number of aromatic carboxylic acids is 1. The van der Waals surface area contributed by atoms with Crippen LogP contribution in [-0.2, 0) is 11.3 Å². The van der Waals surface area contributed by atoms with E-state index in [2.05, 4.69) is 5.32 Å². The molecule has 1 amide bonds. The van der Waals surface area contributed by atoms with E-state index in [1.165, 1.54) is 0 Å². The number of benzene rings is 2. The molecule has 0 unspecified atom stereocenters. The summed E-state index contributed by atoms with van der Waals surface area (Å²) in [6.07, 6.45) is 0.314. The van der Waals surface area contributed by atoms with E-state index in [1.54, 1.807) is 30.0 Å². The molecule has 1 heterocycles. The van der Waals surface area contributed by atoms with Crippen LogP contribution in [0.1, 0.15) is 33.9 Å². The zero-order valence-corrected chi connectivity index (χ0v) is 14.9. The fourth-order valence-corrected chi connectivity index (χ4v) is 3.74. The van der Waals surface area contributed by atoms with Gasteiger partial charge in [-0.25, -0.2) is 9.59 Å². The normalized spacial score (nSPS) is 15.4. The van der Waals surface area contributed by atoms with E-state index in [9.17, 15) is 9.59 Å². The van der Waals surface area contributed by atoms with Crippen molar-refractivity contribution >= 4 is 36.2 Å². The number of ether oxygens (including phenoxy) is 1. The number of hydrogen-bond acceptors (Lipinski definition) is 4. The number of carbonyl (C=O) groups is 2. The predicted octanol–water partition coefficient (Wildman–Crippen LogP) is 4.27. The van der Waals surface area contributed by atoms with Gasteiger partial charge in [-0.05, 0) is 29.7 Å². The maximum Gasteiger partial charge on any atom is 0.407 e. The Morgan fingerprint density at radius 3 is 2.68 bits per heavy atom. The molecule has 2 aromatic rings. The molecule has 1 atom stereocenters. The minimum absolute atomic E-state index is 0. The first kappa shape index (κ1) is 19.1. The number of fused-ring (bicyclic) bond motifs is 1. The average molecular weight is 380 g/mol. The van der Waals surface area contributed by atoms with E-state index in [1.807, 2.05) is 30.3 Å². The second-order valence-electron chi connectivity index (χ2n) is 5.45. The van der Waals surface area contributed by atoms with Gasteiger partial charge < -0.3 is 15.2 Å². The van der Waals surface area contributed by atoms with Gasteiger partial charge in [-0.1, -0.05) is 36.4 Å². The Hall–Kier alpha value is -2.18. The van der Waals surface area contributed by atoms with Crippen LogP contribution in [0.25, 0.3) is 0 Å². The van der Waals surface area contributed by atoms with Crippen molar-refractivity contribution in [2.24, 2.45) is 0 Å². The van der Waals surface area contributed by atoms with Crippen molar-refractivity contribution in [3.63, 3.8) is 0 Å². The number of carbonyl (C=O) groups excluding carboxylic acids is 1. The van der Waals surface area contributed by atoms with Crippen LogP contribution in [-0.4, -0.2) is 22.9 Å². The highest BCUT2D eigenvalue weighted by Gasteiger charge is 2.23. The minimum atomic E-state index is -0.948. The summed E-state index contributed by atoms with van der Waals surface area (Å²) in [5.74, 6) is -0.129. The molecule has 0 saturated carbocycles. The fraction of sp³-hybridized carbons (Fsp3) is 0.222. The van der Waals surface area contributed by atoms with Crippen molar-refractivity contribution in [2.75, 3.05) is 5.75 Å². The van der Waals surface area contributed by atoms with Gasteiger partial charge in [-0.3, -0.25) is 0 Å². The third kappa shape index (κ3) is 4.90. The van der Waals surface area contributed by atoms with Crippen LogP contribution in [0.2, 0.25) is 0 Å². The molecule has 0 aliphatic carbocycles. The number of carboxylic acids is 1. The molecule has 2 N–H and O–H groups in total. The van der Waals surface area contributed by atoms with Gasteiger partial charge in [0.25, 0.3) is 0 Å². The van der Waals surface area contributed by atoms with Gasteiger partial charge in [-0.2, -0.15) is 0 Å². The molecule has 5 nitrogen and oxygen atoms in total. The molecule has 0 saturated heterocycles. The molecule has 2 aromatic carbocycles. The first-order valence-electron chi connectivity index (χ1n) is 7.61. The van der Waals surface area contributed by atoms with Crippen LogP contribution in [0.3, 0.4) is 0 Å². The summed E-state index contributed by atoms with van der Waals surface area (Å²) in [4.78, 5) is 24.0. The van der Waals surface area contributed by atoms with E-state index in [0.717, 1.165) is 28.2 Å². The molecule has 0 fully saturated rings. The topological polar surface area (TPSA) is 75.6 Å². The van der Waals surface area contributed by atoms with Crippen LogP contribution in [0.4, 0.5) is 4.79 Å². The Kier molecular flexibility index (Phi) is 6.73. The number of halogens is 1. The van der Waals surface area contributed by atoms with Crippen molar-refractivity contribution in [1.29, 1.82) is 0 Å². The zero-order chi connectivity index (χ0) is 16.9. The lowest BCUT2D eigenvalue weighted by Gasteiger charge is -2.25. The highest BCUT2D eigenvalue weighted by atomic mass is 35.5.